The second-order valence-corrected chi connectivity index (χ2v) is 6.46. The zero-order valence-electron chi connectivity index (χ0n) is 14.9. The van der Waals surface area contributed by atoms with Crippen molar-refractivity contribution in [1.29, 1.82) is 0 Å². The highest BCUT2D eigenvalue weighted by atomic mass is 35.5. The summed E-state index contributed by atoms with van der Waals surface area (Å²) in [6, 6.07) is 27.3. The highest BCUT2D eigenvalue weighted by Crippen LogP contribution is 2.23. The van der Waals surface area contributed by atoms with E-state index in [0.717, 1.165) is 23.1 Å². The zero-order valence-corrected chi connectivity index (χ0v) is 15.6. The fraction of sp³-hybridized carbons (Fsp3) is 0.0870. The number of urea groups is 1. The fourth-order valence-corrected chi connectivity index (χ4v) is 2.87. The van der Waals surface area contributed by atoms with Crippen molar-refractivity contribution < 1.29 is 4.79 Å². The van der Waals surface area contributed by atoms with Crippen LogP contribution in [-0.2, 0) is 0 Å². The molecule has 0 bridgehead atoms. The molecule has 3 nitrogen and oxygen atoms in total. The molecule has 4 heteroatoms. The Morgan fingerprint density at radius 2 is 1.37 bits per heavy atom. The molecule has 0 fully saturated rings. The number of hydrogen-bond acceptors (Lipinski definition) is 1. The molecule has 0 saturated carbocycles. The fourth-order valence-electron chi connectivity index (χ4n) is 2.75. The number of halogens is 1. The van der Waals surface area contributed by atoms with Crippen molar-refractivity contribution in [2.45, 2.75) is 6.42 Å². The average molecular weight is 377 g/mol. The molecule has 0 heterocycles. The molecule has 0 aliphatic heterocycles. The van der Waals surface area contributed by atoms with Gasteiger partial charge < -0.3 is 10.6 Å². The summed E-state index contributed by atoms with van der Waals surface area (Å²) in [6.45, 7) is 0.544. The van der Waals surface area contributed by atoms with Crippen molar-refractivity contribution in [2.75, 3.05) is 11.9 Å². The number of nitrogens with one attached hydrogen (secondary N) is 2. The molecule has 0 aliphatic rings. The van der Waals surface area contributed by atoms with Crippen molar-refractivity contribution >= 4 is 28.9 Å². The Morgan fingerprint density at radius 1 is 0.815 bits per heavy atom. The molecule has 0 spiro atoms. The summed E-state index contributed by atoms with van der Waals surface area (Å²) < 4.78 is 0. The van der Waals surface area contributed by atoms with E-state index >= 15 is 0 Å². The molecule has 136 valence electrons. The van der Waals surface area contributed by atoms with Crippen LogP contribution in [0, 0.1) is 0 Å². The van der Waals surface area contributed by atoms with Crippen molar-refractivity contribution in [3.63, 3.8) is 0 Å². The summed E-state index contributed by atoms with van der Waals surface area (Å²) in [6.07, 6.45) is 2.89. The number of carbonyl (C=O) groups is 1. The van der Waals surface area contributed by atoms with Crippen molar-refractivity contribution in [3.8, 4) is 0 Å². The first-order valence-electron chi connectivity index (χ1n) is 8.84. The lowest BCUT2D eigenvalue weighted by atomic mass is 9.97. The number of hydrogen-bond donors (Lipinski definition) is 2. The first-order chi connectivity index (χ1) is 13.2. The van der Waals surface area contributed by atoms with Crippen LogP contribution in [0.3, 0.4) is 0 Å². The van der Waals surface area contributed by atoms with Crippen LogP contribution >= 0.6 is 11.6 Å². The third-order valence-electron chi connectivity index (χ3n) is 4.05. The minimum Gasteiger partial charge on any atom is -0.338 e. The van der Waals surface area contributed by atoms with E-state index in [4.69, 9.17) is 11.6 Å². The zero-order chi connectivity index (χ0) is 18.9. The molecule has 0 unspecified atom stereocenters. The topological polar surface area (TPSA) is 41.1 Å². The largest absolute Gasteiger partial charge is 0.338 e. The second kappa shape index (κ2) is 9.60. The Balaban J connectivity index is 1.60. The van der Waals surface area contributed by atoms with E-state index in [2.05, 4.69) is 41.0 Å². The Kier molecular flexibility index (Phi) is 6.66. The van der Waals surface area contributed by atoms with Gasteiger partial charge in [0.05, 0.1) is 0 Å². The predicted octanol–water partition coefficient (Wildman–Crippen LogP) is 5.98. The van der Waals surface area contributed by atoms with Crippen LogP contribution in [0.15, 0.2) is 91.0 Å². The molecule has 0 atom stereocenters. The van der Waals surface area contributed by atoms with Crippen molar-refractivity contribution in [3.05, 3.63) is 107 Å². The van der Waals surface area contributed by atoms with Crippen LogP contribution in [0.1, 0.15) is 17.5 Å². The molecule has 3 aromatic rings. The normalized spacial score (nSPS) is 10.1. The summed E-state index contributed by atoms with van der Waals surface area (Å²) in [5.41, 5.74) is 4.20. The second-order valence-electron chi connectivity index (χ2n) is 6.03. The first-order valence-corrected chi connectivity index (χ1v) is 9.21. The van der Waals surface area contributed by atoms with E-state index in [9.17, 15) is 4.79 Å². The summed E-state index contributed by atoms with van der Waals surface area (Å²) in [5, 5.41) is 6.31. The minimum absolute atomic E-state index is 0.230. The smallest absolute Gasteiger partial charge is 0.319 e. The molecule has 0 radical (unpaired) electrons. The Morgan fingerprint density at radius 3 is 1.93 bits per heavy atom. The predicted molar refractivity (Wildman–Crippen MR) is 113 cm³/mol. The molecular formula is C23H21ClN2O. The van der Waals surface area contributed by atoms with Crippen LogP contribution in [0.25, 0.3) is 5.57 Å². The molecule has 2 amide bonds. The van der Waals surface area contributed by atoms with Crippen molar-refractivity contribution in [2.24, 2.45) is 0 Å². The Hall–Kier alpha value is -3.04. The van der Waals surface area contributed by atoms with Gasteiger partial charge in [-0.25, -0.2) is 4.79 Å². The molecular weight excluding hydrogens is 356 g/mol. The monoisotopic (exact) mass is 376 g/mol. The van der Waals surface area contributed by atoms with Gasteiger partial charge in [-0.3, -0.25) is 0 Å². The number of amides is 2. The average Bonchev–Trinajstić information content (AvgIpc) is 2.71. The van der Waals surface area contributed by atoms with Crippen molar-refractivity contribution in [1.82, 2.24) is 5.32 Å². The van der Waals surface area contributed by atoms with Gasteiger partial charge in [0.15, 0.2) is 0 Å². The summed E-state index contributed by atoms with van der Waals surface area (Å²) >= 11 is 5.85. The molecule has 0 aliphatic carbocycles. The third kappa shape index (κ3) is 5.73. The lowest BCUT2D eigenvalue weighted by Crippen LogP contribution is -2.29. The highest BCUT2D eigenvalue weighted by Gasteiger charge is 2.04. The summed E-state index contributed by atoms with van der Waals surface area (Å²) in [5.74, 6) is 0. The lowest BCUT2D eigenvalue weighted by Gasteiger charge is -2.10. The molecule has 3 rings (SSSR count). The van der Waals surface area contributed by atoms with Gasteiger partial charge in [-0.15, -0.1) is 0 Å². The van der Waals surface area contributed by atoms with E-state index < -0.39 is 0 Å². The SMILES string of the molecule is O=C(NCCC=C(c1ccccc1)c1ccccc1)Nc1ccc(Cl)cc1. The molecule has 0 saturated heterocycles. The Bertz CT molecular complexity index is 849. The maximum Gasteiger partial charge on any atom is 0.319 e. The molecule has 2 N–H and O–H groups in total. The van der Waals surface area contributed by atoms with Gasteiger partial charge in [-0.05, 0) is 47.4 Å². The molecule has 3 aromatic carbocycles. The standard InChI is InChI=1S/C23H21ClN2O/c24-20-13-15-21(16-14-20)26-23(27)25-17-7-12-22(18-8-3-1-4-9-18)19-10-5-2-6-11-19/h1-6,8-16H,7,17H2,(H2,25,26,27). The van der Waals surface area contributed by atoms with E-state index in [0.29, 0.717) is 17.3 Å². The highest BCUT2D eigenvalue weighted by molar-refractivity contribution is 6.30. The van der Waals surface area contributed by atoms with E-state index in [1.807, 2.05) is 36.4 Å². The van der Waals surface area contributed by atoms with E-state index in [-0.39, 0.29) is 6.03 Å². The van der Waals surface area contributed by atoms with Gasteiger partial charge in [0.25, 0.3) is 0 Å². The van der Waals surface area contributed by atoms with Crippen LogP contribution in [0.2, 0.25) is 5.02 Å². The number of anilines is 1. The quantitative estimate of drug-likeness (QED) is 0.510. The third-order valence-corrected chi connectivity index (χ3v) is 4.30. The Labute approximate surface area is 164 Å². The maximum absolute atomic E-state index is 12.0. The maximum atomic E-state index is 12.0. The number of carbonyl (C=O) groups excluding carboxylic acids is 1. The van der Waals surface area contributed by atoms with E-state index in [1.165, 1.54) is 0 Å². The van der Waals surface area contributed by atoms with Gasteiger partial charge in [-0.1, -0.05) is 78.3 Å². The number of benzene rings is 3. The van der Waals surface area contributed by atoms with Crippen LogP contribution in [0.4, 0.5) is 10.5 Å². The van der Waals surface area contributed by atoms with Gasteiger partial charge in [0.2, 0.25) is 0 Å². The first kappa shape index (κ1) is 18.7. The van der Waals surface area contributed by atoms with Gasteiger partial charge in [0.1, 0.15) is 0 Å². The number of rotatable bonds is 6. The summed E-state index contributed by atoms with van der Waals surface area (Å²) in [7, 11) is 0. The lowest BCUT2D eigenvalue weighted by molar-refractivity contribution is 0.252. The summed E-state index contributed by atoms with van der Waals surface area (Å²) in [4.78, 5) is 12.0. The van der Waals surface area contributed by atoms with Gasteiger partial charge >= 0.3 is 6.03 Å². The van der Waals surface area contributed by atoms with Gasteiger partial charge in [-0.2, -0.15) is 0 Å². The van der Waals surface area contributed by atoms with E-state index in [1.54, 1.807) is 24.3 Å². The minimum atomic E-state index is -0.230. The molecule has 0 aromatic heterocycles. The van der Waals surface area contributed by atoms with Crippen LogP contribution in [-0.4, -0.2) is 12.6 Å². The van der Waals surface area contributed by atoms with Crippen LogP contribution < -0.4 is 10.6 Å². The van der Waals surface area contributed by atoms with Gasteiger partial charge in [0, 0.05) is 17.3 Å². The molecule has 27 heavy (non-hydrogen) atoms. The van der Waals surface area contributed by atoms with Crippen LogP contribution in [0.5, 0.6) is 0 Å².